The Kier molecular flexibility index (Phi) is 3.59. The smallest absolute Gasteiger partial charge is 0.0652 e. The van der Waals surface area contributed by atoms with Crippen molar-refractivity contribution in [1.82, 2.24) is 5.32 Å². The molecule has 0 aromatic carbocycles. The van der Waals surface area contributed by atoms with Crippen LogP contribution in [0.5, 0.6) is 0 Å². The quantitative estimate of drug-likeness (QED) is 0.751. The van der Waals surface area contributed by atoms with E-state index in [1.807, 2.05) is 7.11 Å². The Bertz CT molecular complexity index is 189. The second-order valence-electron chi connectivity index (χ2n) is 5.53. The third-order valence-electron chi connectivity index (χ3n) is 3.93. The van der Waals surface area contributed by atoms with Crippen LogP contribution in [-0.4, -0.2) is 25.3 Å². The molecule has 1 aliphatic rings. The SMILES string of the molecule is COC1CC(NC(C)C(C)C)C1(C)C. The first-order chi connectivity index (χ1) is 6.39. The van der Waals surface area contributed by atoms with E-state index in [9.17, 15) is 0 Å². The van der Waals surface area contributed by atoms with Gasteiger partial charge in [-0.2, -0.15) is 0 Å². The molecular weight excluding hydrogens is 174 g/mol. The predicted octanol–water partition coefficient (Wildman–Crippen LogP) is 2.43. The van der Waals surface area contributed by atoms with Gasteiger partial charge in [-0.05, 0) is 19.3 Å². The van der Waals surface area contributed by atoms with Gasteiger partial charge in [0.1, 0.15) is 0 Å². The molecule has 0 spiro atoms. The zero-order valence-corrected chi connectivity index (χ0v) is 10.4. The zero-order valence-electron chi connectivity index (χ0n) is 10.4. The molecule has 0 bridgehead atoms. The molecule has 0 saturated heterocycles. The third-order valence-corrected chi connectivity index (χ3v) is 3.93. The standard InChI is InChI=1S/C12H25NO/c1-8(2)9(3)13-10-7-11(14-6)12(10,4)5/h8-11,13H,7H2,1-6H3. The first kappa shape index (κ1) is 12.0. The summed E-state index contributed by atoms with van der Waals surface area (Å²) in [6, 6.07) is 1.21. The van der Waals surface area contributed by atoms with Crippen molar-refractivity contribution in [3.63, 3.8) is 0 Å². The molecule has 0 aromatic rings. The monoisotopic (exact) mass is 199 g/mol. The molecule has 1 saturated carbocycles. The summed E-state index contributed by atoms with van der Waals surface area (Å²) >= 11 is 0. The van der Waals surface area contributed by atoms with E-state index in [2.05, 4.69) is 39.9 Å². The van der Waals surface area contributed by atoms with Crippen molar-refractivity contribution in [2.24, 2.45) is 11.3 Å². The zero-order chi connectivity index (χ0) is 10.9. The summed E-state index contributed by atoms with van der Waals surface area (Å²) in [5.74, 6) is 0.701. The molecule has 3 atom stereocenters. The highest BCUT2D eigenvalue weighted by Gasteiger charge is 2.48. The van der Waals surface area contributed by atoms with Gasteiger partial charge in [0.25, 0.3) is 0 Å². The maximum atomic E-state index is 5.43. The van der Waals surface area contributed by atoms with Gasteiger partial charge in [-0.15, -0.1) is 0 Å². The fourth-order valence-corrected chi connectivity index (χ4v) is 2.08. The lowest BCUT2D eigenvalue weighted by atomic mass is 9.64. The van der Waals surface area contributed by atoms with Crippen molar-refractivity contribution < 1.29 is 4.74 Å². The van der Waals surface area contributed by atoms with Crippen LogP contribution >= 0.6 is 0 Å². The molecule has 14 heavy (non-hydrogen) atoms. The molecule has 84 valence electrons. The van der Waals surface area contributed by atoms with Crippen molar-refractivity contribution in [2.75, 3.05) is 7.11 Å². The van der Waals surface area contributed by atoms with Gasteiger partial charge >= 0.3 is 0 Å². The normalized spacial score (nSPS) is 32.8. The molecule has 0 aromatic heterocycles. The van der Waals surface area contributed by atoms with Gasteiger partial charge in [-0.1, -0.05) is 27.7 Å². The van der Waals surface area contributed by atoms with Crippen molar-refractivity contribution in [2.45, 2.75) is 59.2 Å². The van der Waals surface area contributed by atoms with Crippen molar-refractivity contribution >= 4 is 0 Å². The second kappa shape index (κ2) is 4.19. The molecule has 3 unspecified atom stereocenters. The third kappa shape index (κ3) is 2.12. The summed E-state index contributed by atoms with van der Waals surface area (Å²) < 4.78 is 5.43. The van der Waals surface area contributed by atoms with E-state index < -0.39 is 0 Å². The van der Waals surface area contributed by atoms with Crippen LogP contribution in [0.3, 0.4) is 0 Å². The maximum Gasteiger partial charge on any atom is 0.0652 e. The molecule has 0 heterocycles. The molecule has 1 rings (SSSR count). The van der Waals surface area contributed by atoms with E-state index in [0.29, 0.717) is 24.1 Å². The molecule has 0 amide bonds. The first-order valence-electron chi connectivity index (χ1n) is 5.68. The summed E-state index contributed by atoms with van der Waals surface area (Å²) in [6.45, 7) is 11.4. The largest absolute Gasteiger partial charge is 0.381 e. The lowest BCUT2D eigenvalue weighted by Gasteiger charge is -2.52. The number of rotatable bonds is 4. The van der Waals surface area contributed by atoms with Crippen LogP contribution in [0.25, 0.3) is 0 Å². The van der Waals surface area contributed by atoms with E-state index in [1.54, 1.807) is 0 Å². The number of methoxy groups -OCH3 is 1. The number of ether oxygens (including phenoxy) is 1. The Labute approximate surface area is 88.4 Å². The van der Waals surface area contributed by atoms with Gasteiger partial charge in [0.05, 0.1) is 6.10 Å². The number of hydrogen-bond acceptors (Lipinski definition) is 2. The summed E-state index contributed by atoms with van der Waals surface area (Å²) in [4.78, 5) is 0. The average molecular weight is 199 g/mol. The molecule has 1 fully saturated rings. The minimum Gasteiger partial charge on any atom is -0.381 e. The average Bonchev–Trinajstić information content (AvgIpc) is 2.10. The molecule has 2 heteroatoms. The van der Waals surface area contributed by atoms with Gasteiger partial charge in [-0.3, -0.25) is 0 Å². The van der Waals surface area contributed by atoms with E-state index >= 15 is 0 Å². The highest BCUT2D eigenvalue weighted by atomic mass is 16.5. The van der Waals surface area contributed by atoms with Gasteiger partial charge in [0, 0.05) is 24.6 Å². The van der Waals surface area contributed by atoms with Gasteiger partial charge in [-0.25, -0.2) is 0 Å². The highest BCUT2D eigenvalue weighted by Crippen LogP contribution is 2.42. The summed E-state index contributed by atoms with van der Waals surface area (Å²) in [6.07, 6.45) is 1.58. The van der Waals surface area contributed by atoms with Crippen LogP contribution in [-0.2, 0) is 4.74 Å². The molecular formula is C12H25NO. The minimum absolute atomic E-state index is 0.290. The van der Waals surface area contributed by atoms with Crippen LogP contribution in [0, 0.1) is 11.3 Å². The van der Waals surface area contributed by atoms with Crippen molar-refractivity contribution in [3.05, 3.63) is 0 Å². The van der Waals surface area contributed by atoms with Crippen molar-refractivity contribution in [1.29, 1.82) is 0 Å². The van der Waals surface area contributed by atoms with Crippen LogP contribution in [0.2, 0.25) is 0 Å². The molecule has 0 aliphatic heterocycles. The first-order valence-corrected chi connectivity index (χ1v) is 5.68. The Balaban J connectivity index is 2.42. The highest BCUT2D eigenvalue weighted by molar-refractivity contribution is 5.03. The molecule has 1 N–H and O–H groups in total. The van der Waals surface area contributed by atoms with Gasteiger partial charge < -0.3 is 10.1 Å². The van der Waals surface area contributed by atoms with E-state index in [4.69, 9.17) is 4.74 Å². The van der Waals surface area contributed by atoms with E-state index in [1.165, 1.54) is 0 Å². The summed E-state index contributed by atoms with van der Waals surface area (Å²) in [7, 11) is 1.81. The molecule has 1 aliphatic carbocycles. The van der Waals surface area contributed by atoms with E-state index in [0.717, 1.165) is 6.42 Å². The van der Waals surface area contributed by atoms with Crippen molar-refractivity contribution in [3.8, 4) is 0 Å². The van der Waals surface area contributed by atoms with E-state index in [-0.39, 0.29) is 5.41 Å². The van der Waals surface area contributed by atoms with Crippen LogP contribution in [0.15, 0.2) is 0 Å². The van der Waals surface area contributed by atoms with Gasteiger partial charge in [0.2, 0.25) is 0 Å². The number of hydrogen-bond donors (Lipinski definition) is 1. The fourth-order valence-electron chi connectivity index (χ4n) is 2.08. The Hall–Kier alpha value is -0.0800. The van der Waals surface area contributed by atoms with Crippen LogP contribution in [0.4, 0.5) is 0 Å². The Morgan fingerprint density at radius 3 is 2.21 bits per heavy atom. The Morgan fingerprint density at radius 2 is 1.86 bits per heavy atom. The Morgan fingerprint density at radius 1 is 1.29 bits per heavy atom. The van der Waals surface area contributed by atoms with Crippen LogP contribution < -0.4 is 5.32 Å². The fraction of sp³-hybridized carbons (Fsp3) is 1.00. The summed E-state index contributed by atoms with van der Waals surface area (Å²) in [5, 5.41) is 3.69. The lowest BCUT2D eigenvalue weighted by molar-refractivity contribution is -0.101. The lowest BCUT2D eigenvalue weighted by Crippen LogP contribution is -2.62. The maximum absolute atomic E-state index is 5.43. The minimum atomic E-state index is 0.290. The topological polar surface area (TPSA) is 21.3 Å². The molecule has 0 radical (unpaired) electrons. The van der Waals surface area contributed by atoms with Gasteiger partial charge in [0.15, 0.2) is 0 Å². The summed E-state index contributed by atoms with van der Waals surface area (Å²) in [5.41, 5.74) is 0.290. The predicted molar refractivity (Wildman–Crippen MR) is 60.4 cm³/mol. The molecule has 2 nitrogen and oxygen atoms in total. The number of nitrogens with one attached hydrogen (secondary N) is 1. The second-order valence-corrected chi connectivity index (χ2v) is 5.53. The van der Waals surface area contributed by atoms with Crippen LogP contribution in [0.1, 0.15) is 41.0 Å².